The predicted octanol–water partition coefficient (Wildman–Crippen LogP) is 21.0. The van der Waals surface area contributed by atoms with Crippen LogP contribution in [0, 0.1) is 0 Å². The maximum absolute atomic E-state index is 13.4. The Morgan fingerprint density at radius 2 is 0.634 bits per heavy atom. The number of aliphatic hydroxyl groups excluding tert-OH is 8. The topological polar surface area (TPSA) is 228 Å². The molecule has 0 saturated carbocycles. The van der Waals surface area contributed by atoms with Crippen molar-refractivity contribution in [2.24, 2.45) is 0 Å². The quantitative estimate of drug-likeness (QED) is 0.0204. The molecule has 2 saturated heterocycles. The average Bonchev–Trinajstić information content (AvgIpc) is 0.792. The van der Waals surface area contributed by atoms with E-state index in [-0.39, 0.29) is 18.9 Å². The Morgan fingerprint density at radius 1 is 0.347 bits per heavy atom. The van der Waals surface area contributed by atoms with Gasteiger partial charge in [0, 0.05) is 6.42 Å². The van der Waals surface area contributed by atoms with E-state index in [0.29, 0.717) is 12.8 Å². The number of ether oxygens (including phenoxy) is 4. The van der Waals surface area contributed by atoms with Crippen LogP contribution in [0.25, 0.3) is 0 Å². The van der Waals surface area contributed by atoms with E-state index in [4.69, 9.17) is 18.9 Å². The SMILES string of the molecule is CCCCCCCCCCCCCCCCCCCCCCCCCCCC/C=C/CC/C=C/C(O)C(COC1OC(CO)C(OC2OC(CO)C(O)C(O)C2O)C(O)C1O)NC(=O)CCCCCCCCCCCCCCCCCCCCCCCCCCCCCCCCCCCCC. The Bertz CT molecular complexity index is 1790. The standard InChI is InChI=1S/C87H167NO13/c1-3-5-7-9-11-13-15-17-19-21-23-25-27-29-31-33-35-37-38-39-41-43-45-47-49-51-53-55-57-59-61-63-65-67-69-71-79(92)88-75(74-98-86-84(97)82(95)85(78(73-90)100-86)101-87-83(96)81(94)80(93)77(72-89)99-87)76(91)70-68-66-64-62-60-58-56-54-52-50-48-46-44-42-40-36-34-32-30-28-26-24-22-20-18-16-14-12-10-8-6-4-2/h60,62,68,70,75-78,80-87,89-91,93-97H,3-59,61,63-67,69,71-74H2,1-2H3,(H,88,92)/b62-60+,70-68+. The summed E-state index contributed by atoms with van der Waals surface area (Å²) in [5.74, 6) is -0.238. The van der Waals surface area contributed by atoms with E-state index in [1.54, 1.807) is 6.08 Å². The first-order valence-electron chi connectivity index (χ1n) is 44.1. The second kappa shape index (κ2) is 71.4. The molecule has 2 fully saturated rings. The van der Waals surface area contributed by atoms with Crippen molar-refractivity contribution in [3.63, 3.8) is 0 Å². The third-order valence-electron chi connectivity index (χ3n) is 21.9. The molecule has 2 aliphatic rings. The third kappa shape index (κ3) is 53.8. The number of unbranched alkanes of at least 4 members (excludes halogenated alkanes) is 61. The number of nitrogens with one attached hydrogen (secondary N) is 1. The molecular weight excluding hydrogens is 1270 g/mol. The van der Waals surface area contributed by atoms with Crippen LogP contribution in [-0.2, 0) is 23.7 Å². The molecule has 0 bridgehead atoms. The molecule has 9 N–H and O–H groups in total. The summed E-state index contributed by atoms with van der Waals surface area (Å²) < 4.78 is 22.9. The first-order valence-corrected chi connectivity index (χ1v) is 44.1. The molecule has 0 radical (unpaired) electrons. The fourth-order valence-electron chi connectivity index (χ4n) is 15.0. The minimum absolute atomic E-state index is 0.238. The number of hydrogen-bond acceptors (Lipinski definition) is 13. The van der Waals surface area contributed by atoms with Crippen LogP contribution >= 0.6 is 0 Å². The minimum atomic E-state index is -1.79. The second-order valence-corrected chi connectivity index (χ2v) is 31.4. The molecule has 14 nitrogen and oxygen atoms in total. The Balaban J connectivity index is 1.58. The van der Waals surface area contributed by atoms with Gasteiger partial charge in [0.15, 0.2) is 12.6 Å². The van der Waals surface area contributed by atoms with Crippen LogP contribution < -0.4 is 5.32 Å². The second-order valence-electron chi connectivity index (χ2n) is 31.4. The molecule has 0 aromatic rings. The van der Waals surface area contributed by atoms with Crippen molar-refractivity contribution in [1.82, 2.24) is 5.32 Å². The van der Waals surface area contributed by atoms with E-state index in [0.717, 1.165) is 32.1 Å². The van der Waals surface area contributed by atoms with Crippen molar-refractivity contribution in [2.45, 2.75) is 505 Å². The maximum atomic E-state index is 13.4. The van der Waals surface area contributed by atoms with Gasteiger partial charge in [0.1, 0.15) is 48.8 Å². The van der Waals surface area contributed by atoms with Gasteiger partial charge in [-0.2, -0.15) is 0 Å². The van der Waals surface area contributed by atoms with Crippen molar-refractivity contribution < 1.29 is 64.6 Å². The number of amides is 1. The summed E-state index contributed by atoms with van der Waals surface area (Å²) in [5.41, 5.74) is 0. The van der Waals surface area contributed by atoms with Crippen molar-refractivity contribution in [3.8, 4) is 0 Å². The molecule has 12 atom stereocenters. The predicted molar refractivity (Wildman–Crippen MR) is 420 cm³/mol. The van der Waals surface area contributed by atoms with Gasteiger partial charge < -0.3 is 65.1 Å². The lowest BCUT2D eigenvalue weighted by molar-refractivity contribution is -0.359. The van der Waals surface area contributed by atoms with E-state index in [1.165, 1.54) is 366 Å². The average molecular weight is 1440 g/mol. The number of carbonyl (C=O) groups is 1. The lowest BCUT2D eigenvalue weighted by Crippen LogP contribution is -2.65. The summed E-state index contributed by atoms with van der Waals surface area (Å²) in [5, 5.41) is 87.8. The van der Waals surface area contributed by atoms with Gasteiger partial charge in [0.05, 0.1) is 32.0 Å². The van der Waals surface area contributed by atoms with E-state index in [1.807, 2.05) is 6.08 Å². The zero-order valence-electron chi connectivity index (χ0n) is 65.9. The van der Waals surface area contributed by atoms with Crippen LogP contribution in [0.1, 0.15) is 431 Å². The van der Waals surface area contributed by atoms with Gasteiger partial charge in [0.2, 0.25) is 5.91 Å². The Kier molecular flexibility index (Phi) is 67.5. The fraction of sp³-hybridized carbons (Fsp3) is 0.943. The Morgan fingerprint density at radius 3 is 0.970 bits per heavy atom. The molecule has 2 heterocycles. The molecule has 0 aliphatic carbocycles. The summed E-state index contributed by atoms with van der Waals surface area (Å²) >= 11 is 0. The van der Waals surface area contributed by atoms with Crippen LogP contribution in [0.3, 0.4) is 0 Å². The van der Waals surface area contributed by atoms with Crippen LogP contribution in [0.2, 0.25) is 0 Å². The summed E-state index contributed by atoms with van der Waals surface area (Å²) in [6.07, 6.45) is 77.3. The van der Waals surface area contributed by atoms with Gasteiger partial charge in [-0.3, -0.25) is 4.79 Å². The molecule has 0 aromatic carbocycles. The highest BCUT2D eigenvalue weighted by molar-refractivity contribution is 5.76. The zero-order valence-corrected chi connectivity index (χ0v) is 65.9. The summed E-state index contributed by atoms with van der Waals surface area (Å²) in [4.78, 5) is 13.4. The van der Waals surface area contributed by atoms with Gasteiger partial charge in [-0.15, -0.1) is 0 Å². The molecule has 0 spiro atoms. The van der Waals surface area contributed by atoms with E-state index < -0.39 is 86.8 Å². The summed E-state index contributed by atoms with van der Waals surface area (Å²) in [6.45, 7) is 2.87. The van der Waals surface area contributed by atoms with Gasteiger partial charge in [-0.25, -0.2) is 0 Å². The highest BCUT2D eigenvalue weighted by Gasteiger charge is 2.51. The number of allylic oxidation sites excluding steroid dienone is 3. The number of aliphatic hydroxyl groups is 8. The van der Waals surface area contributed by atoms with Crippen molar-refractivity contribution in [2.75, 3.05) is 19.8 Å². The largest absolute Gasteiger partial charge is 0.394 e. The van der Waals surface area contributed by atoms with Crippen LogP contribution in [0.4, 0.5) is 0 Å². The lowest BCUT2D eigenvalue weighted by atomic mass is 9.97. The Labute approximate surface area is 621 Å². The summed E-state index contributed by atoms with van der Waals surface area (Å²) in [7, 11) is 0. The minimum Gasteiger partial charge on any atom is -0.394 e. The smallest absolute Gasteiger partial charge is 0.220 e. The van der Waals surface area contributed by atoms with Crippen molar-refractivity contribution >= 4 is 5.91 Å². The monoisotopic (exact) mass is 1430 g/mol. The van der Waals surface area contributed by atoms with E-state index >= 15 is 0 Å². The van der Waals surface area contributed by atoms with Gasteiger partial charge >= 0.3 is 0 Å². The first-order chi connectivity index (χ1) is 49.6. The van der Waals surface area contributed by atoms with Gasteiger partial charge in [-0.05, 0) is 32.1 Å². The maximum Gasteiger partial charge on any atom is 0.220 e. The zero-order chi connectivity index (χ0) is 73.0. The van der Waals surface area contributed by atoms with E-state index in [2.05, 4.69) is 31.3 Å². The molecule has 2 aliphatic heterocycles. The molecule has 101 heavy (non-hydrogen) atoms. The van der Waals surface area contributed by atoms with Gasteiger partial charge in [-0.1, -0.05) is 417 Å². The fourth-order valence-corrected chi connectivity index (χ4v) is 15.0. The number of hydrogen-bond donors (Lipinski definition) is 9. The normalized spacial score (nSPS) is 21.8. The van der Waals surface area contributed by atoms with E-state index in [9.17, 15) is 45.6 Å². The highest BCUT2D eigenvalue weighted by Crippen LogP contribution is 2.31. The first kappa shape index (κ1) is 95.5. The number of carbonyl (C=O) groups excluding carboxylic acids is 1. The molecule has 1 amide bonds. The van der Waals surface area contributed by atoms with Crippen molar-refractivity contribution in [3.05, 3.63) is 24.3 Å². The van der Waals surface area contributed by atoms with Crippen LogP contribution in [0.15, 0.2) is 24.3 Å². The molecule has 2 rings (SSSR count). The Hall–Kier alpha value is -1.53. The number of rotatable bonds is 76. The van der Waals surface area contributed by atoms with Crippen LogP contribution in [0.5, 0.6) is 0 Å². The molecule has 14 heteroatoms. The molecule has 598 valence electrons. The molecule has 0 aromatic heterocycles. The van der Waals surface area contributed by atoms with Crippen molar-refractivity contribution in [1.29, 1.82) is 0 Å². The third-order valence-corrected chi connectivity index (χ3v) is 21.9. The molecular formula is C87H167NO13. The lowest BCUT2D eigenvalue weighted by Gasteiger charge is -2.46. The van der Waals surface area contributed by atoms with Gasteiger partial charge in [0.25, 0.3) is 0 Å². The van der Waals surface area contributed by atoms with Crippen LogP contribution in [-0.4, -0.2) is 140 Å². The molecule has 12 unspecified atom stereocenters. The highest BCUT2D eigenvalue weighted by atomic mass is 16.7. The summed E-state index contributed by atoms with van der Waals surface area (Å²) in [6, 6.07) is -0.931.